The molecule has 0 aliphatic carbocycles. The molecule has 0 aliphatic heterocycles. The molecule has 0 saturated heterocycles. The molecule has 0 saturated carbocycles. The molecule has 16 heavy (non-hydrogen) atoms. The highest BCUT2D eigenvalue weighted by Gasteiger charge is 2.27. The highest BCUT2D eigenvalue weighted by atomic mass is 16.4. The maximum Gasteiger partial charge on any atom is 0.340 e. The number of furan rings is 1. The zero-order valence-electron chi connectivity index (χ0n) is 8.66. The van der Waals surface area contributed by atoms with Gasteiger partial charge in [0, 0.05) is 6.92 Å². The van der Waals surface area contributed by atoms with Crippen molar-refractivity contribution in [2.24, 2.45) is 5.73 Å². The molecule has 86 valence electrons. The summed E-state index contributed by atoms with van der Waals surface area (Å²) in [6.07, 6.45) is 0. The second-order valence-corrected chi connectivity index (χ2v) is 3.09. The zero-order chi connectivity index (χ0) is 12.5. The fourth-order valence-electron chi connectivity index (χ4n) is 1.29. The molecule has 0 aromatic carbocycles. The molecule has 1 rings (SSSR count). The summed E-state index contributed by atoms with van der Waals surface area (Å²) in [6.45, 7) is 2.56. The van der Waals surface area contributed by atoms with Crippen LogP contribution >= 0.6 is 0 Å². The van der Waals surface area contributed by atoms with E-state index in [1.165, 1.54) is 13.8 Å². The summed E-state index contributed by atoms with van der Waals surface area (Å²) in [4.78, 5) is 32.8. The Bertz CT molecular complexity index is 474. The number of primary amides is 1. The van der Waals surface area contributed by atoms with E-state index in [4.69, 9.17) is 15.3 Å². The standard InChI is InChI=1S/C9H10N2O5/c1-3-5(9(14)15)6(7(10)13)8(16-3)11-4(2)12/h1-2H3,(H2,10,13)(H,11,12)(H,14,15). The highest BCUT2D eigenvalue weighted by molar-refractivity contribution is 6.09. The van der Waals surface area contributed by atoms with Gasteiger partial charge in [0.1, 0.15) is 16.9 Å². The van der Waals surface area contributed by atoms with Crippen LogP contribution in [-0.4, -0.2) is 22.9 Å². The molecular formula is C9H10N2O5. The van der Waals surface area contributed by atoms with E-state index in [9.17, 15) is 14.4 Å². The Hall–Kier alpha value is -2.31. The van der Waals surface area contributed by atoms with Crippen molar-refractivity contribution in [3.05, 3.63) is 16.9 Å². The van der Waals surface area contributed by atoms with E-state index in [-0.39, 0.29) is 22.8 Å². The van der Waals surface area contributed by atoms with Crippen LogP contribution in [0.15, 0.2) is 4.42 Å². The molecule has 4 N–H and O–H groups in total. The third-order valence-corrected chi connectivity index (χ3v) is 1.83. The van der Waals surface area contributed by atoms with Crippen molar-refractivity contribution in [1.82, 2.24) is 0 Å². The Morgan fingerprint density at radius 2 is 1.88 bits per heavy atom. The summed E-state index contributed by atoms with van der Waals surface area (Å²) in [5, 5.41) is 11.1. The Balaban J connectivity index is 3.40. The van der Waals surface area contributed by atoms with Crippen LogP contribution in [0.3, 0.4) is 0 Å². The van der Waals surface area contributed by atoms with Gasteiger partial charge in [-0.15, -0.1) is 0 Å². The molecular weight excluding hydrogens is 216 g/mol. The quantitative estimate of drug-likeness (QED) is 0.685. The maximum atomic E-state index is 11.1. The summed E-state index contributed by atoms with van der Waals surface area (Å²) in [5.74, 6) is -3.04. The lowest BCUT2D eigenvalue weighted by Gasteiger charge is -1.99. The van der Waals surface area contributed by atoms with Crippen molar-refractivity contribution in [2.75, 3.05) is 5.32 Å². The van der Waals surface area contributed by atoms with Crippen molar-refractivity contribution in [3.8, 4) is 0 Å². The van der Waals surface area contributed by atoms with Crippen molar-refractivity contribution in [2.45, 2.75) is 13.8 Å². The second-order valence-electron chi connectivity index (χ2n) is 3.09. The highest BCUT2D eigenvalue weighted by Crippen LogP contribution is 2.26. The van der Waals surface area contributed by atoms with Crippen LogP contribution in [0.2, 0.25) is 0 Å². The number of hydrogen-bond acceptors (Lipinski definition) is 4. The monoisotopic (exact) mass is 226 g/mol. The summed E-state index contributed by atoms with van der Waals surface area (Å²) < 4.78 is 4.97. The van der Waals surface area contributed by atoms with Crippen LogP contribution in [0.4, 0.5) is 5.88 Å². The number of aryl methyl sites for hydroxylation is 1. The van der Waals surface area contributed by atoms with Crippen molar-refractivity contribution in [1.29, 1.82) is 0 Å². The van der Waals surface area contributed by atoms with E-state index in [0.29, 0.717) is 0 Å². The largest absolute Gasteiger partial charge is 0.478 e. The number of anilines is 1. The molecule has 0 bridgehead atoms. The molecule has 1 aromatic heterocycles. The van der Waals surface area contributed by atoms with E-state index >= 15 is 0 Å². The van der Waals surface area contributed by atoms with Crippen molar-refractivity contribution in [3.63, 3.8) is 0 Å². The predicted molar refractivity (Wildman–Crippen MR) is 53.2 cm³/mol. The smallest absolute Gasteiger partial charge is 0.340 e. The van der Waals surface area contributed by atoms with Gasteiger partial charge in [0.05, 0.1) is 0 Å². The number of carbonyl (C=O) groups is 3. The lowest BCUT2D eigenvalue weighted by Crippen LogP contribution is -2.18. The van der Waals surface area contributed by atoms with Crippen molar-refractivity contribution >= 4 is 23.7 Å². The minimum atomic E-state index is -1.34. The van der Waals surface area contributed by atoms with Gasteiger partial charge >= 0.3 is 5.97 Å². The molecule has 0 unspecified atom stereocenters. The molecule has 1 aromatic rings. The van der Waals surface area contributed by atoms with E-state index in [2.05, 4.69) is 5.32 Å². The van der Waals surface area contributed by atoms with Crippen LogP contribution in [0, 0.1) is 6.92 Å². The van der Waals surface area contributed by atoms with Gasteiger partial charge in [-0.3, -0.25) is 14.9 Å². The third kappa shape index (κ3) is 2.02. The van der Waals surface area contributed by atoms with Crippen LogP contribution in [-0.2, 0) is 4.79 Å². The summed E-state index contributed by atoms with van der Waals surface area (Å²) in [6, 6.07) is 0. The minimum Gasteiger partial charge on any atom is -0.478 e. The number of aromatic carboxylic acids is 1. The van der Waals surface area contributed by atoms with Crippen LogP contribution in [0.5, 0.6) is 0 Å². The summed E-state index contributed by atoms with van der Waals surface area (Å²) >= 11 is 0. The topological polar surface area (TPSA) is 123 Å². The van der Waals surface area contributed by atoms with Crippen molar-refractivity contribution < 1.29 is 23.9 Å². The molecule has 0 atom stereocenters. The van der Waals surface area contributed by atoms with Gasteiger partial charge in [-0.1, -0.05) is 0 Å². The zero-order valence-corrected chi connectivity index (χ0v) is 8.66. The van der Waals surface area contributed by atoms with Crippen LogP contribution in [0.25, 0.3) is 0 Å². The minimum absolute atomic E-state index is 0.00468. The molecule has 7 heteroatoms. The fourth-order valence-corrected chi connectivity index (χ4v) is 1.29. The second kappa shape index (κ2) is 4.05. The number of carbonyl (C=O) groups excluding carboxylic acids is 2. The molecule has 0 fully saturated rings. The Labute approximate surface area is 90.2 Å². The normalized spacial score (nSPS) is 9.88. The molecule has 1 heterocycles. The van der Waals surface area contributed by atoms with Gasteiger partial charge in [0.2, 0.25) is 11.8 Å². The lowest BCUT2D eigenvalue weighted by molar-refractivity contribution is -0.114. The van der Waals surface area contributed by atoms with E-state index < -0.39 is 17.8 Å². The number of carboxylic acids is 1. The SMILES string of the molecule is CC(=O)Nc1oc(C)c(C(=O)O)c1C(N)=O. The van der Waals surface area contributed by atoms with Gasteiger partial charge < -0.3 is 15.3 Å². The first-order chi connectivity index (χ1) is 7.34. The van der Waals surface area contributed by atoms with Gasteiger partial charge in [0.25, 0.3) is 5.91 Å². The first kappa shape index (κ1) is 11.8. The Morgan fingerprint density at radius 1 is 1.31 bits per heavy atom. The van der Waals surface area contributed by atoms with E-state index in [1.54, 1.807) is 0 Å². The molecule has 0 spiro atoms. The Morgan fingerprint density at radius 3 is 2.25 bits per heavy atom. The van der Waals surface area contributed by atoms with Gasteiger partial charge in [-0.25, -0.2) is 4.79 Å². The Kier molecular flexibility index (Phi) is 2.98. The van der Waals surface area contributed by atoms with Crippen LogP contribution < -0.4 is 11.1 Å². The number of nitrogens with one attached hydrogen (secondary N) is 1. The van der Waals surface area contributed by atoms with Crippen LogP contribution in [0.1, 0.15) is 33.4 Å². The molecule has 0 radical (unpaired) electrons. The number of hydrogen-bond donors (Lipinski definition) is 3. The summed E-state index contributed by atoms with van der Waals surface area (Å²) in [5.41, 5.74) is 4.36. The number of rotatable bonds is 3. The lowest BCUT2D eigenvalue weighted by atomic mass is 10.1. The average Bonchev–Trinajstić information content (AvgIpc) is 2.40. The van der Waals surface area contributed by atoms with Gasteiger partial charge in [-0.05, 0) is 6.92 Å². The number of nitrogens with two attached hydrogens (primary N) is 1. The fraction of sp³-hybridized carbons (Fsp3) is 0.222. The predicted octanol–water partition coefficient (Wildman–Crippen LogP) is 0.344. The van der Waals surface area contributed by atoms with E-state index in [0.717, 1.165) is 0 Å². The number of carboxylic acid groups (broad SMARTS) is 1. The molecule has 2 amide bonds. The van der Waals surface area contributed by atoms with Gasteiger partial charge in [-0.2, -0.15) is 0 Å². The van der Waals surface area contributed by atoms with Gasteiger partial charge in [0.15, 0.2) is 0 Å². The first-order valence-corrected chi connectivity index (χ1v) is 4.28. The third-order valence-electron chi connectivity index (χ3n) is 1.83. The average molecular weight is 226 g/mol. The summed E-state index contributed by atoms with van der Waals surface area (Å²) in [7, 11) is 0. The maximum absolute atomic E-state index is 11.1. The number of amides is 2. The first-order valence-electron chi connectivity index (χ1n) is 4.28. The molecule has 0 aliphatic rings. The van der Waals surface area contributed by atoms with E-state index in [1.807, 2.05) is 0 Å². The molecule has 7 nitrogen and oxygen atoms in total.